The number of nitro groups is 1. The number of anilines is 1. The van der Waals surface area contributed by atoms with Gasteiger partial charge >= 0.3 is 5.69 Å². The van der Waals surface area contributed by atoms with Crippen LogP contribution in [0.2, 0.25) is 0 Å². The van der Waals surface area contributed by atoms with Crippen LogP contribution >= 0.6 is 11.3 Å². The highest BCUT2D eigenvalue weighted by molar-refractivity contribution is 7.09. The third kappa shape index (κ3) is 3.46. The van der Waals surface area contributed by atoms with Crippen molar-refractivity contribution in [3.8, 4) is 5.75 Å². The van der Waals surface area contributed by atoms with Crippen LogP contribution in [0.15, 0.2) is 17.5 Å². The number of thiazole rings is 1. The molecule has 6 nitrogen and oxygen atoms in total. The number of rotatable bonds is 6. The zero-order chi connectivity index (χ0) is 15.4. The van der Waals surface area contributed by atoms with Crippen molar-refractivity contribution in [2.24, 2.45) is 0 Å². The van der Waals surface area contributed by atoms with Gasteiger partial charge in [0.25, 0.3) is 0 Å². The lowest BCUT2D eigenvalue weighted by Crippen LogP contribution is -2.04. The first-order chi connectivity index (χ1) is 10.0. The van der Waals surface area contributed by atoms with Crippen molar-refractivity contribution in [2.45, 2.75) is 19.9 Å². The van der Waals surface area contributed by atoms with Gasteiger partial charge < -0.3 is 10.1 Å². The third-order valence-corrected chi connectivity index (χ3v) is 3.87. The van der Waals surface area contributed by atoms with E-state index in [-0.39, 0.29) is 11.4 Å². The number of aromatic nitrogens is 1. The summed E-state index contributed by atoms with van der Waals surface area (Å²) in [6.45, 7) is 2.35. The second-order valence-electron chi connectivity index (χ2n) is 4.20. The number of ether oxygens (including phenoxy) is 1. The topological polar surface area (TPSA) is 77.3 Å². The second kappa shape index (κ2) is 6.49. The number of hydrogen-bond acceptors (Lipinski definition) is 6. The van der Waals surface area contributed by atoms with Gasteiger partial charge in [0.2, 0.25) is 0 Å². The smallest absolute Gasteiger partial charge is 0.313 e. The van der Waals surface area contributed by atoms with Crippen LogP contribution in [0.1, 0.15) is 17.6 Å². The van der Waals surface area contributed by atoms with Gasteiger partial charge in [0.15, 0.2) is 11.6 Å². The predicted molar refractivity (Wildman–Crippen MR) is 78.4 cm³/mol. The average molecular weight is 311 g/mol. The second-order valence-corrected chi connectivity index (χ2v) is 5.14. The fraction of sp³-hybridized carbons (Fsp3) is 0.308. The SMILES string of the molecule is CCc1nc(CNc2cc(OC)c([N+](=O)[O-])cc2F)cs1. The van der Waals surface area contributed by atoms with Crippen LogP contribution < -0.4 is 10.1 Å². The van der Waals surface area contributed by atoms with E-state index in [1.54, 1.807) is 11.3 Å². The summed E-state index contributed by atoms with van der Waals surface area (Å²) in [5.74, 6) is -0.690. The molecule has 0 aliphatic carbocycles. The van der Waals surface area contributed by atoms with Crippen molar-refractivity contribution in [1.82, 2.24) is 4.98 Å². The fourth-order valence-electron chi connectivity index (χ4n) is 1.76. The lowest BCUT2D eigenvalue weighted by atomic mass is 10.2. The number of benzene rings is 1. The molecule has 0 bridgehead atoms. The van der Waals surface area contributed by atoms with E-state index in [1.165, 1.54) is 13.2 Å². The Balaban J connectivity index is 2.18. The minimum atomic E-state index is -0.701. The van der Waals surface area contributed by atoms with Crippen molar-refractivity contribution in [3.05, 3.63) is 44.1 Å². The molecule has 21 heavy (non-hydrogen) atoms. The Morgan fingerprint density at radius 3 is 2.86 bits per heavy atom. The zero-order valence-electron chi connectivity index (χ0n) is 11.6. The minimum Gasteiger partial charge on any atom is -0.490 e. The molecule has 0 radical (unpaired) electrons. The van der Waals surface area contributed by atoms with Gasteiger partial charge in [0.05, 0.1) is 41.0 Å². The highest BCUT2D eigenvalue weighted by atomic mass is 32.1. The first-order valence-corrected chi connectivity index (χ1v) is 7.12. The molecule has 8 heteroatoms. The first kappa shape index (κ1) is 15.2. The molecule has 0 spiro atoms. The fourth-order valence-corrected chi connectivity index (χ4v) is 2.51. The number of halogens is 1. The van der Waals surface area contributed by atoms with Crippen LogP contribution in [0.4, 0.5) is 15.8 Å². The summed E-state index contributed by atoms with van der Waals surface area (Å²) < 4.78 is 18.8. The average Bonchev–Trinajstić information content (AvgIpc) is 2.93. The molecule has 112 valence electrons. The van der Waals surface area contributed by atoms with Crippen LogP contribution in [-0.2, 0) is 13.0 Å². The molecule has 0 atom stereocenters. The van der Waals surface area contributed by atoms with Gasteiger partial charge in [0.1, 0.15) is 0 Å². The first-order valence-electron chi connectivity index (χ1n) is 6.24. The number of aryl methyl sites for hydroxylation is 1. The zero-order valence-corrected chi connectivity index (χ0v) is 12.4. The molecule has 1 N–H and O–H groups in total. The highest BCUT2D eigenvalue weighted by Gasteiger charge is 2.19. The van der Waals surface area contributed by atoms with E-state index in [1.807, 2.05) is 12.3 Å². The molecule has 1 aromatic heterocycles. The van der Waals surface area contributed by atoms with Crippen molar-refractivity contribution in [2.75, 3.05) is 12.4 Å². The van der Waals surface area contributed by atoms with Crippen molar-refractivity contribution >= 4 is 22.7 Å². The van der Waals surface area contributed by atoms with Crippen molar-refractivity contribution in [3.63, 3.8) is 0 Å². The number of hydrogen-bond donors (Lipinski definition) is 1. The Kier molecular flexibility index (Phi) is 4.69. The van der Waals surface area contributed by atoms with E-state index in [9.17, 15) is 14.5 Å². The maximum Gasteiger partial charge on any atom is 0.313 e. The minimum absolute atomic E-state index is 0.0106. The Morgan fingerprint density at radius 1 is 1.52 bits per heavy atom. The number of methoxy groups -OCH3 is 1. The maximum absolute atomic E-state index is 13.9. The number of nitrogens with zero attached hydrogens (tertiary/aromatic N) is 2. The summed E-state index contributed by atoms with van der Waals surface area (Å²) in [5, 5.41) is 16.6. The standard InChI is InChI=1S/C13H14FN3O3S/c1-3-13-16-8(7-21-13)6-15-10-5-12(20-2)11(17(18)19)4-9(10)14/h4-5,7,15H,3,6H2,1-2H3. The summed E-state index contributed by atoms with van der Waals surface area (Å²) in [4.78, 5) is 14.5. The summed E-state index contributed by atoms with van der Waals surface area (Å²) in [5.41, 5.74) is 0.541. The van der Waals surface area contributed by atoms with E-state index < -0.39 is 16.4 Å². The van der Waals surface area contributed by atoms with E-state index in [4.69, 9.17) is 4.74 Å². The molecule has 2 aromatic rings. The lowest BCUT2D eigenvalue weighted by Gasteiger charge is -2.08. The van der Waals surface area contributed by atoms with Crippen molar-refractivity contribution in [1.29, 1.82) is 0 Å². The molecule has 0 aliphatic rings. The summed E-state index contributed by atoms with van der Waals surface area (Å²) >= 11 is 1.54. The Bertz CT molecular complexity index is 660. The van der Waals surface area contributed by atoms with E-state index in [0.717, 1.165) is 23.2 Å². The van der Waals surface area contributed by atoms with Gasteiger partial charge in [-0.15, -0.1) is 11.3 Å². The monoisotopic (exact) mass is 311 g/mol. The van der Waals surface area contributed by atoms with Crippen LogP contribution in [0.3, 0.4) is 0 Å². The van der Waals surface area contributed by atoms with Gasteiger partial charge in [-0.05, 0) is 6.42 Å². The predicted octanol–water partition coefficient (Wildman–Crippen LogP) is 3.37. The number of nitro benzene ring substituents is 1. The van der Waals surface area contributed by atoms with Gasteiger partial charge in [-0.25, -0.2) is 9.37 Å². The molecule has 1 heterocycles. The summed E-state index contributed by atoms with van der Waals surface area (Å²) in [7, 11) is 1.30. The summed E-state index contributed by atoms with van der Waals surface area (Å²) in [6.07, 6.45) is 0.852. The Morgan fingerprint density at radius 2 is 2.29 bits per heavy atom. The molecule has 0 saturated carbocycles. The summed E-state index contributed by atoms with van der Waals surface area (Å²) in [6, 6.07) is 2.13. The van der Waals surface area contributed by atoms with Crippen LogP contribution in [-0.4, -0.2) is 17.0 Å². The Hall–Kier alpha value is -2.22. The highest BCUT2D eigenvalue weighted by Crippen LogP contribution is 2.32. The van der Waals surface area contributed by atoms with Gasteiger partial charge in [-0.2, -0.15) is 0 Å². The molecule has 0 amide bonds. The van der Waals surface area contributed by atoms with Crippen molar-refractivity contribution < 1.29 is 14.1 Å². The molecule has 0 saturated heterocycles. The molecular formula is C13H14FN3O3S. The largest absolute Gasteiger partial charge is 0.490 e. The van der Waals surface area contributed by atoms with Crippen LogP contribution in [0, 0.1) is 15.9 Å². The molecule has 2 rings (SSSR count). The Labute approximate surface area is 124 Å². The molecule has 0 fully saturated rings. The normalized spacial score (nSPS) is 10.4. The maximum atomic E-state index is 13.9. The van der Waals surface area contributed by atoms with Crippen LogP contribution in [0.5, 0.6) is 5.75 Å². The molecule has 0 unspecified atom stereocenters. The van der Waals surface area contributed by atoms with Crippen LogP contribution in [0.25, 0.3) is 0 Å². The van der Waals surface area contributed by atoms with Gasteiger partial charge in [0, 0.05) is 11.4 Å². The number of nitrogens with one attached hydrogen (secondary N) is 1. The van der Waals surface area contributed by atoms with E-state index in [0.29, 0.717) is 6.54 Å². The molecule has 0 aliphatic heterocycles. The van der Waals surface area contributed by atoms with E-state index in [2.05, 4.69) is 10.3 Å². The molecule has 1 aromatic carbocycles. The third-order valence-electron chi connectivity index (χ3n) is 2.83. The molecular weight excluding hydrogens is 297 g/mol. The van der Waals surface area contributed by atoms with E-state index >= 15 is 0 Å². The lowest BCUT2D eigenvalue weighted by molar-refractivity contribution is -0.385. The van der Waals surface area contributed by atoms with Gasteiger partial charge in [-0.3, -0.25) is 10.1 Å². The van der Waals surface area contributed by atoms with Gasteiger partial charge in [-0.1, -0.05) is 6.92 Å². The quantitative estimate of drug-likeness (QED) is 0.653.